The maximum Gasteiger partial charge on any atom is 0.219 e. The second-order valence-corrected chi connectivity index (χ2v) is 6.58. The number of aliphatic imine (C=N–C) groups is 1. The molecule has 0 spiro atoms. The molecule has 2 rings (SSSR count). The van der Waals surface area contributed by atoms with Crippen LogP contribution in [0.15, 0.2) is 22.5 Å². The molecule has 0 radical (unpaired) electrons. The molecule has 1 amide bonds. The summed E-state index contributed by atoms with van der Waals surface area (Å²) in [6, 6.07) is 4.26. The average Bonchev–Trinajstić information content (AvgIpc) is 3.05. The van der Waals surface area contributed by atoms with E-state index in [1.807, 2.05) is 4.90 Å². The second-order valence-electron chi connectivity index (χ2n) is 5.60. The highest BCUT2D eigenvalue weighted by Crippen LogP contribution is 2.20. The van der Waals surface area contributed by atoms with Crippen LogP contribution in [0.1, 0.15) is 31.6 Å². The van der Waals surface area contributed by atoms with Crippen LogP contribution in [0.5, 0.6) is 0 Å². The molecule has 0 aromatic carbocycles. The van der Waals surface area contributed by atoms with Crippen molar-refractivity contribution in [3.05, 3.63) is 22.4 Å². The topological polar surface area (TPSA) is 47.9 Å². The molecule has 5 nitrogen and oxygen atoms in total. The van der Waals surface area contributed by atoms with E-state index in [4.69, 9.17) is 4.99 Å². The summed E-state index contributed by atoms with van der Waals surface area (Å²) in [5.74, 6) is 1.56. The molecule has 0 bridgehead atoms. The Bertz CT molecular complexity index is 492. The number of nitrogens with zero attached hydrogens (tertiary/aromatic N) is 3. The number of nitrogens with one attached hydrogen (secondary N) is 1. The van der Waals surface area contributed by atoms with E-state index in [9.17, 15) is 4.79 Å². The number of hydrogen-bond acceptors (Lipinski definition) is 3. The number of carbonyl (C=O) groups excluding carboxylic acids is 1. The van der Waals surface area contributed by atoms with E-state index in [0.717, 1.165) is 45.2 Å². The van der Waals surface area contributed by atoms with E-state index < -0.39 is 0 Å². The van der Waals surface area contributed by atoms with Crippen molar-refractivity contribution in [2.24, 2.45) is 4.99 Å². The zero-order chi connectivity index (χ0) is 15.9. The van der Waals surface area contributed by atoms with E-state index in [2.05, 4.69) is 41.6 Å². The monoisotopic (exact) mass is 322 g/mol. The van der Waals surface area contributed by atoms with Gasteiger partial charge < -0.3 is 15.1 Å². The lowest BCUT2D eigenvalue weighted by Gasteiger charge is -2.36. The molecule has 1 aromatic rings. The van der Waals surface area contributed by atoms with Crippen LogP contribution < -0.4 is 5.32 Å². The van der Waals surface area contributed by atoms with Crippen LogP contribution in [0.3, 0.4) is 0 Å². The van der Waals surface area contributed by atoms with Gasteiger partial charge in [-0.3, -0.25) is 9.79 Å². The van der Waals surface area contributed by atoms with Crippen LogP contribution in [-0.2, 0) is 4.79 Å². The van der Waals surface area contributed by atoms with E-state index >= 15 is 0 Å². The molecule has 1 aromatic heterocycles. The van der Waals surface area contributed by atoms with Crippen molar-refractivity contribution in [3.63, 3.8) is 0 Å². The molecule has 1 fully saturated rings. The normalized spacial score (nSPS) is 17.5. The molecular weight excluding hydrogens is 296 g/mol. The van der Waals surface area contributed by atoms with Crippen LogP contribution in [0, 0.1) is 0 Å². The Kier molecular flexibility index (Phi) is 6.24. The SMILES string of the molecule is CCNC(=NCC(C)c1cccs1)N1CCN(C(C)=O)CC1. The fourth-order valence-electron chi connectivity index (χ4n) is 2.54. The van der Waals surface area contributed by atoms with Crippen LogP contribution in [0.2, 0.25) is 0 Å². The summed E-state index contributed by atoms with van der Waals surface area (Å²) >= 11 is 1.79. The summed E-state index contributed by atoms with van der Waals surface area (Å²) < 4.78 is 0. The van der Waals surface area contributed by atoms with Gasteiger partial charge in [0.05, 0.1) is 6.54 Å². The molecule has 1 N–H and O–H groups in total. The van der Waals surface area contributed by atoms with Crippen molar-refractivity contribution in [1.29, 1.82) is 0 Å². The van der Waals surface area contributed by atoms with Gasteiger partial charge in [-0.1, -0.05) is 13.0 Å². The van der Waals surface area contributed by atoms with Gasteiger partial charge in [-0.25, -0.2) is 0 Å². The summed E-state index contributed by atoms with van der Waals surface area (Å²) in [7, 11) is 0. The molecule has 2 heterocycles. The lowest BCUT2D eigenvalue weighted by molar-refractivity contribution is -0.130. The van der Waals surface area contributed by atoms with Crippen LogP contribution in [0.4, 0.5) is 0 Å². The maximum absolute atomic E-state index is 11.4. The van der Waals surface area contributed by atoms with Crippen LogP contribution >= 0.6 is 11.3 Å². The van der Waals surface area contributed by atoms with Gasteiger partial charge in [0.25, 0.3) is 0 Å². The number of carbonyl (C=O) groups is 1. The molecule has 1 unspecified atom stereocenters. The minimum Gasteiger partial charge on any atom is -0.357 e. The van der Waals surface area contributed by atoms with Gasteiger partial charge >= 0.3 is 0 Å². The minimum absolute atomic E-state index is 0.160. The molecular formula is C16H26N4OS. The number of guanidine groups is 1. The summed E-state index contributed by atoms with van der Waals surface area (Å²) in [5.41, 5.74) is 0. The first-order chi connectivity index (χ1) is 10.6. The number of rotatable bonds is 4. The third kappa shape index (κ3) is 4.47. The van der Waals surface area contributed by atoms with Crippen molar-refractivity contribution < 1.29 is 4.79 Å². The molecule has 1 aliphatic rings. The average molecular weight is 322 g/mol. The molecule has 1 atom stereocenters. The highest BCUT2D eigenvalue weighted by atomic mass is 32.1. The molecule has 6 heteroatoms. The highest BCUT2D eigenvalue weighted by Gasteiger charge is 2.21. The summed E-state index contributed by atoms with van der Waals surface area (Å²) in [6.45, 7) is 10.8. The Morgan fingerprint density at radius 3 is 2.59 bits per heavy atom. The van der Waals surface area contributed by atoms with Crippen molar-refractivity contribution in [1.82, 2.24) is 15.1 Å². The lowest BCUT2D eigenvalue weighted by atomic mass is 10.1. The van der Waals surface area contributed by atoms with Crippen LogP contribution in [-0.4, -0.2) is 60.9 Å². The maximum atomic E-state index is 11.4. The number of amides is 1. The Morgan fingerprint density at radius 1 is 1.36 bits per heavy atom. The molecule has 1 saturated heterocycles. The Balaban J connectivity index is 1.94. The van der Waals surface area contributed by atoms with Gasteiger partial charge in [0, 0.05) is 50.4 Å². The van der Waals surface area contributed by atoms with Gasteiger partial charge in [-0.05, 0) is 18.4 Å². The van der Waals surface area contributed by atoms with Crippen LogP contribution in [0.25, 0.3) is 0 Å². The van der Waals surface area contributed by atoms with E-state index in [0.29, 0.717) is 5.92 Å². The van der Waals surface area contributed by atoms with Gasteiger partial charge in [0.15, 0.2) is 5.96 Å². The first-order valence-corrected chi connectivity index (χ1v) is 8.82. The van der Waals surface area contributed by atoms with E-state index in [1.54, 1.807) is 18.3 Å². The summed E-state index contributed by atoms with van der Waals surface area (Å²) in [5, 5.41) is 5.49. The Hall–Kier alpha value is -1.56. The summed E-state index contributed by atoms with van der Waals surface area (Å²) in [6.07, 6.45) is 0. The zero-order valence-corrected chi connectivity index (χ0v) is 14.5. The van der Waals surface area contributed by atoms with Crippen molar-refractivity contribution in [3.8, 4) is 0 Å². The number of hydrogen-bond donors (Lipinski definition) is 1. The van der Waals surface area contributed by atoms with Gasteiger partial charge in [-0.2, -0.15) is 0 Å². The second kappa shape index (κ2) is 8.17. The van der Waals surface area contributed by atoms with Crippen molar-refractivity contribution in [2.75, 3.05) is 39.3 Å². The highest BCUT2D eigenvalue weighted by molar-refractivity contribution is 7.10. The van der Waals surface area contributed by atoms with E-state index in [-0.39, 0.29) is 5.91 Å². The lowest BCUT2D eigenvalue weighted by Crippen LogP contribution is -2.53. The number of piperazine rings is 1. The van der Waals surface area contributed by atoms with Crippen molar-refractivity contribution >= 4 is 23.2 Å². The molecule has 22 heavy (non-hydrogen) atoms. The fraction of sp³-hybridized carbons (Fsp3) is 0.625. The fourth-order valence-corrected chi connectivity index (χ4v) is 3.32. The Labute approximate surface area is 137 Å². The zero-order valence-electron chi connectivity index (χ0n) is 13.7. The molecule has 122 valence electrons. The standard InChI is InChI=1S/C16H26N4OS/c1-4-17-16(18-12-13(2)15-6-5-11-22-15)20-9-7-19(8-10-20)14(3)21/h5-6,11,13H,4,7-10,12H2,1-3H3,(H,17,18). The van der Waals surface area contributed by atoms with Gasteiger partial charge in [0.1, 0.15) is 0 Å². The number of thiophene rings is 1. The quantitative estimate of drug-likeness (QED) is 0.681. The largest absolute Gasteiger partial charge is 0.357 e. The molecule has 1 aliphatic heterocycles. The summed E-state index contributed by atoms with van der Waals surface area (Å²) in [4.78, 5) is 21.7. The molecule has 0 saturated carbocycles. The minimum atomic E-state index is 0.160. The predicted octanol–water partition coefficient (Wildman–Crippen LogP) is 1.98. The first kappa shape index (κ1) is 16.8. The predicted molar refractivity (Wildman–Crippen MR) is 92.5 cm³/mol. The Morgan fingerprint density at radius 2 is 2.05 bits per heavy atom. The third-order valence-electron chi connectivity index (χ3n) is 3.90. The van der Waals surface area contributed by atoms with Gasteiger partial charge in [0.2, 0.25) is 5.91 Å². The first-order valence-electron chi connectivity index (χ1n) is 7.94. The van der Waals surface area contributed by atoms with E-state index in [1.165, 1.54) is 4.88 Å². The smallest absolute Gasteiger partial charge is 0.219 e. The van der Waals surface area contributed by atoms with Crippen molar-refractivity contribution in [2.45, 2.75) is 26.7 Å². The van der Waals surface area contributed by atoms with Gasteiger partial charge in [-0.15, -0.1) is 11.3 Å². The third-order valence-corrected chi connectivity index (χ3v) is 5.01. The molecule has 0 aliphatic carbocycles.